The first-order valence-corrected chi connectivity index (χ1v) is 10.9. The predicted octanol–water partition coefficient (Wildman–Crippen LogP) is 2.21. The summed E-state index contributed by atoms with van der Waals surface area (Å²) in [4.78, 5) is 36.8. The Labute approximate surface area is 192 Å². The molecule has 2 aliphatic rings. The van der Waals surface area contributed by atoms with E-state index in [4.69, 9.17) is 4.74 Å². The summed E-state index contributed by atoms with van der Waals surface area (Å²) in [5, 5.41) is 16.1. The molecule has 0 aromatic heterocycles. The van der Waals surface area contributed by atoms with Gasteiger partial charge in [0.15, 0.2) is 0 Å². The molecule has 2 aromatic carbocycles. The van der Waals surface area contributed by atoms with Crippen molar-refractivity contribution in [2.45, 2.75) is 6.10 Å². The maximum atomic E-state index is 14.6. The third-order valence-corrected chi connectivity index (χ3v) is 5.81. The van der Waals surface area contributed by atoms with Gasteiger partial charge in [-0.15, -0.1) is 0 Å². The fourth-order valence-electron chi connectivity index (χ4n) is 3.16. The van der Waals surface area contributed by atoms with Crippen LogP contribution in [-0.2, 0) is 14.3 Å². The second kappa shape index (κ2) is 9.74. The maximum Gasteiger partial charge on any atom is 0.414 e. The van der Waals surface area contributed by atoms with Crippen molar-refractivity contribution in [1.82, 2.24) is 10.7 Å². The molecule has 33 heavy (non-hydrogen) atoms. The van der Waals surface area contributed by atoms with Gasteiger partial charge in [-0.3, -0.25) is 14.5 Å². The number of hydrazone groups is 1. The third kappa shape index (κ3) is 5.50. The number of carbonyl (C=O) groups excluding carboxylic acids is 3. The first kappa shape index (κ1) is 22.3. The van der Waals surface area contributed by atoms with Crippen molar-refractivity contribution in [3.8, 4) is 5.75 Å². The van der Waals surface area contributed by atoms with E-state index in [1.165, 1.54) is 35.2 Å². The van der Waals surface area contributed by atoms with Gasteiger partial charge in [0.1, 0.15) is 22.7 Å². The number of aromatic hydroxyl groups is 1. The van der Waals surface area contributed by atoms with E-state index in [9.17, 15) is 23.9 Å². The number of ether oxygens (including phenoxy) is 1. The number of amides is 3. The molecule has 0 unspecified atom stereocenters. The molecule has 170 valence electrons. The lowest BCUT2D eigenvalue weighted by Gasteiger charge is -2.16. The largest absolute Gasteiger partial charge is 0.508 e. The average Bonchev–Trinajstić information content (AvgIpc) is 3.18. The van der Waals surface area contributed by atoms with Gasteiger partial charge in [-0.05, 0) is 42.0 Å². The lowest BCUT2D eigenvalue weighted by molar-refractivity contribution is -0.118. The van der Waals surface area contributed by atoms with Crippen LogP contribution in [0.15, 0.2) is 53.6 Å². The Morgan fingerprint density at radius 1 is 1.30 bits per heavy atom. The van der Waals surface area contributed by atoms with Crippen molar-refractivity contribution in [3.05, 3.63) is 65.5 Å². The summed E-state index contributed by atoms with van der Waals surface area (Å²) in [6.07, 6.45) is 1.69. The van der Waals surface area contributed by atoms with Crippen molar-refractivity contribution in [2.24, 2.45) is 5.10 Å². The molecule has 0 saturated carbocycles. The minimum atomic E-state index is -0.641. The number of hydrogen-bond acceptors (Lipinski definition) is 7. The Kier molecular flexibility index (Phi) is 6.59. The van der Waals surface area contributed by atoms with Crippen LogP contribution < -0.4 is 15.6 Å². The highest BCUT2D eigenvalue weighted by Crippen LogP contribution is 2.26. The van der Waals surface area contributed by atoms with E-state index in [0.29, 0.717) is 10.7 Å². The second-order valence-electron chi connectivity index (χ2n) is 7.19. The molecular weight excluding hydrogens is 451 g/mol. The normalized spacial score (nSPS) is 18.2. The number of phenols is 1. The van der Waals surface area contributed by atoms with E-state index in [2.05, 4.69) is 15.8 Å². The summed E-state index contributed by atoms with van der Waals surface area (Å²) in [7, 11) is 0. The molecule has 3 N–H and O–H groups in total. The number of carbonyl (C=O) groups is 3. The molecule has 3 amide bonds. The summed E-state index contributed by atoms with van der Waals surface area (Å²) in [6.45, 7) is 0.236. The lowest BCUT2D eigenvalue weighted by atomic mass is 10.2. The van der Waals surface area contributed by atoms with E-state index in [1.807, 2.05) is 0 Å². The molecule has 1 saturated heterocycles. The maximum absolute atomic E-state index is 14.6. The highest BCUT2D eigenvalue weighted by Gasteiger charge is 2.33. The zero-order valence-electron chi connectivity index (χ0n) is 17.2. The summed E-state index contributed by atoms with van der Waals surface area (Å²) in [5.41, 5.74) is 3.59. The Hall–Kier alpha value is -3.86. The molecule has 0 spiro atoms. The number of rotatable bonds is 6. The van der Waals surface area contributed by atoms with Crippen LogP contribution >= 0.6 is 11.8 Å². The smallest absolute Gasteiger partial charge is 0.414 e. The van der Waals surface area contributed by atoms with Gasteiger partial charge < -0.3 is 15.2 Å². The van der Waals surface area contributed by atoms with Crippen LogP contribution in [0.3, 0.4) is 0 Å². The summed E-state index contributed by atoms with van der Waals surface area (Å²) in [6, 6.07) is 10.6. The fourth-order valence-corrected chi connectivity index (χ4v) is 3.93. The topological polar surface area (TPSA) is 120 Å². The van der Waals surface area contributed by atoms with Crippen LogP contribution in [0.4, 0.5) is 14.9 Å². The summed E-state index contributed by atoms with van der Waals surface area (Å²) in [5.74, 6) is -0.927. The van der Waals surface area contributed by atoms with Gasteiger partial charge in [-0.2, -0.15) is 5.10 Å². The van der Waals surface area contributed by atoms with Crippen molar-refractivity contribution in [1.29, 1.82) is 0 Å². The second-order valence-corrected chi connectivity index (χ2v) is 8.16. The highest BCUT2D eigenvalue weighted by molar-refractivity contribution is 8.15. The molecule has 1 fully saturated rings. The van der Waals surface area contributed by atoms with Gasteiger partial charge >= 0.3 is 6.09 Å². The number of benzene rings is 2. The van der Waals surface area contributed by atoms with Crippen LogP contribution in [0.25, 0.3) is 6.08 Å². The molecule has 0 aliphatic carbocycles. The Morgan fingerprint density at radius 2 is 2.09 bits per heavy atom. The number of halogens is 1. The average molecular weight is 470 g/mol. The van der Waals surface area contributed by atoms with Gasteiger partial charge in [0.2, 0.25) is 5.91 Å². The molecule has 2 aliphatic heterocycles. The first-order valence-electron chi connectivity index (χ1n) is 9.91. The number of thioether (sulfide) groups is 1. The molecule has 0 radical (unpaired) electrons. The van der Waals surface area contributed by atoms with Crippen molar-refractivity contribution < 1.29 is 28.6 Å². The molecule has 9 nitrogen and oxygen atoms in total. The number of hydrogen-bond donors (Lipinski definition) is 3. The predicted molar refractivity (Wildman–Crippen MR) is 121 cm³/mol. The molecule has 2 aromatic rings. The van der Waals surface area contributed by atoms with Gasteiger partial charge in [0.25, 0.3) is 5.91 Å². The number of phenolic OH excluding ortho intramolecular Hbond substituents is 1. The van der Waals surface area contributed by atoms with Crippen molar-refractivity contribution >= 4 is 46.5 Å². The number of cyclic esters (lactones) is 1. The van der Waals surface area contributed by atoms with Crippen LogP contribution in [-0.4, -0.2) is 53.0 Å². The van der Waals surface area contributed by atoms with Crippen LogP contribution in [0.1, 0.15) is 11.1 Å². The Bertz CT molecular complexity index is 1150. The molecular formula is C22H19FN4O5S. The summed E-state index contributed by atoms with van der Waals surface area (Å²) < 4.78 is 19.9. The van der Waals surface area contributed by atoms with Gasteiger partial charge in [-0.25, -0.2) is 14.6 Å². The fraction of sp³-hybridized carbons (Fsp3) is 0.182. The van der Waals surface area contributed by atoms with Crippen molar-refractivity contribution in [3.63, 3.8) is 0 Å². The Morgan fingerprint density at radius 3 is 2.79 bits per heavy atom. The van der Waals surface area contributed by atoms with Crippen LogP contribution in [0.2, 0.25) is 0 Å². The molecule has 2 heterocycles. The number of nitrogens with one attached hydrogen (secondary N) is 2. The van der Waals surface area contributed by atoms with E-state index in [1.54, 1.807) is 24.3 Å². The summed E-state index contributed by atoms with van der Waals surface area (Å²) >= 11 is 1.13. The molecule has 0 bridgehead atoms. The van der Waals surface area contributed by atoms with Gasteiger partial charge in [0, 0.05) is 11.6 Å². The molecule has 1 atom stereocenters. The van der Waals surface area contributed by atoms with Crippen LogP contribution in [0.5, 0.6) is 5.75 Å². The van der Waals surface area contributed by atoms with Gasteiger partial charge in [-0.1, -0.05) is 23.9 Å². The minimum absolute atomic E-state index is 0.0920. The van der Waals surface area contributed by atoms with E-state index >= 15 is 0 Å². The third-order valence-electron chi connectivity index (χ3n) is 4.82. The quantitative estimate of drug-likeness (QED) is 0.557. The standard InChI is InChI=1S/C22H19FN4O5S/c23-18-9-14(4-7-17(18)21-26-25-20(30)12-33-21)27-11-16(32-22(27)31)10-24-19(29)8-3-13-1-5-15(28)6-2-13/h1-9,16,28H,10-12H2,(H,24,29)(H,25,30)/t16-/m0/s1. The molecule has 11 heteroatoms. The van der Waals surface area contributed by atoms with E-state index in [-0.39, 0.29) is 42.0 Å². The lowest BCUT2D eigenvalue weighted by Crippen LogP contribution is -2.33. The number of anilines is 1. The number of nitrogens with zero attached hydrogens (tertiary/aromatic N) is 2. The first-order chi connectivity index (χ1) is 15.9. The highest BCUT2D eigenvalue weighted by atomic mass is 32.2. The Balaban J connectivity index is 1.33. The van der Waals surface area contributed by atoms with E-state index < -0.39 is 18.0 Å². The minimum Gasteiger partial charge on any atom is -0.508 e. The van der Waals surface area contributed by atoms with E-state index in [0.717, 1.165) is 17.3 Å². The SMILES string of the molecule is O=C(C=Cc1ccc(O)cc1)NC[C@H]1CN(c2ccc(C3=NNC(=O)CS3)c(F)c2)C(=O)O1. The molecule has 4 rings (SSSR count). The zero-order chi connectivity index (χ0) is 23.4. The van der Waals surface area contributed by atoms with Gasteiger partial charge in [0.05, 0.1) is 24.5 Å². The monoisotopic (exact) mass is 470 g/mol. The van der Waals surface area contributed by atoms with Crippen molar-refractivity contribution in [2.75, 3.05) is 23.7 Å². The zero-order valence-corrected chi connectivity index (χ0v) is 18.0. The van der Waals surface area contributed by atoms with Crippen LogP contribution in [0, 0.1) is 5.82 Å².